The Morgan fingerprint density at radius 2 is 1.72 bits per heavy atom. The summed E-state index contributed by atoms with van der Waals surface area (Å²) in [5, 5.41) is 18.3. The van der Waals surface area contributed by atoms with Crippen LogP contribution in [0.3, 0.4) is 0 Å². The summed E-state index contributed by atoms with van der Waals surface area (Å²) < 4.78 is 5.34. The molecule has 1 aliphatic rings. The van der Waals surface area contributed by atoms with Crippen molar-refractivity contribution in [3.05, 3.63) is 29.8 Å². The van der Waals surface area contributed by atoms with Crippen molar-refractivity contribution >= 4 is 23.7 Å². The number of rotatable bonds is 7. The van der Waals surface area contributed by atoms with Crippen LogP contribution in [0, 0.1) is 6.92 Å². The Labute approximate surface area is 152 Å². The van der Waals surface area contributed by atoms with Crippen molar-refractivity contribution in [2.75, 3.05) is 51.7 Å². The smallest absolute Gasteiger partial charge is 0.414 e. The van der Waals surface area contributed by atoms with E-state index in [2.05, 4.69) is 41.4 Å². The summed E-state index contributed by atoms with van der Waals surface area (Å²) in [5.41, 5.74) is 1.33. The monoisotopic (exact) mass is 370 g/mol. The van der Waals surface area contributed by atoms with Crippen molar-refractivity contribution in [1.82, 2.24) is 10.2 Å². The molecule has 1 heterocycles. The number of hydrogen-bond acceptors (Lipinski definition) is 6. The van der Waals surface area contributed by atoms with Crippen LogP contribution in [0.1, 0.15) is 5.56 Å². The third-order valence-electron chi connectivity index (χ3n) is 3.46. The molecule has 7 nitrogen and oxygen atoms in total. The summed E-state index contributed by atoms with van der Waals surface area (Å²) in [7, 11) is 0. The van der Waals surface area contributed by atoms with Crippen molar-refractivity contribution in [3.63, 3.8) is 0 Å². The number of nitrogens with one attached hydrogen (secondary N) is 1. The van der Waals surface area contributed by atoms with Gasteiger partial charge in [-0.2, -0.15) is 0 Å². The number of aliphatic carboxylic acids is 2. The first-order valence-electron chi connectivity index (χ1n) is 8.15. The van der Waals surface area contributed by atoms with Gasteiger partial charge in [-0.15, -0.1) is 11.8 Å². The molecule has 0 bridgehead atoms. The minimum atomic E-state index is -1.82. The molecule has 0 aromatic heterocycles. The number of benzene rings is 1. The van der Waals surface area contributed by atoms with Crippen LogP contribution in [0.4, 0.5) is 0 Å². The molecule has 25 heavy (non-hydrogen) atoms. The number of morpholine rings is 1. The zero-order chi connectivity index (χ0) is 18.5. The van der Waals surface area contributed by atoms with Gasteiger partial charge in [-0.05, 0) is 19.1 Å². The number of nitrogens with zero attached hydrogens (tertiary/aromatic N) is 1. The molecule has 0 unspecified atom stereocenters. The standard InChI is InChI=1S/C15H24N2OS.C2H2O4/c1-14-2-4-15(5-3-14)19-13-7-16-6-8-17-9-11-18-12-10-17;3-1(4)2(5)6/h2-5,16H,6-13H2,1H3;(H,3,4)(H,5,6). The van der Waals surface area contributed by atoms with Crippen LogP contribution in [0.25, 0.3) is 0 Å². The number of ether oxygens (including phenoxy) is 1. The zero-order valence-corrected chi connectivity index (χ0v) is 15.3. The fourth-order valence-corrected chi connectivity index (χ4v) is 2.87. The van der Waals surface area contributed by atoms with Gasteiger partial charge in [-0.3, -0.25) is 4.90 Å². The Hall–Kier alpha value is -1.61. The lowest BCUT2D eigenvalue weighted by molar-refractivity contribution is -0.159. The van der Waals surface area contributed by atoms with Crippen LogP contribution in [0.5, 0.6) is 0 Å². The molecule has 1 aliphatic heterocycles. The average Bonchev–Trinajstić information content (AvgIpc) is 2.61. The van der Waals surface area contributed by atoms with Crippen molar-refractivity contribution in [1.29, 1.82) is 0 Å². The van der Waals surface area contributed by atoms with Crippen molar-refractivity contribution in [3.8, 4) is 0 Å². The predicted molar refractivity (Wildman–Crippen MR) is 97.3 cm³/mol. The Balaban J connectivity index is 0.000000450. The molecule has 0 atom stereocenters. The molecule has 1 aromatic carbocycles. The predicted octanol–water partition coefficient (Wildman–Crippen LogP) is 1.16. The van der Waals surface area contributed by atoms with Crippen molar-refractivity contribution in [2.45, 2.75) is 11.8 Å². The zero-order valence-electron chi connectivity index (χ0n) is 14.4. The fraction of sp³-hybridized carbons (Fsp3) is 0.529. The molecule has 0 radical (unpaired) electrons. The third kappa shape index (κ3) is 10.8. The van der Waals surface area contributed by atoms with Gasteiger partial charge in [0.1, 0.15) is 0 Å². The van der Waals surface area contributed by atoms with Gasteiger partial charge in [-0.1, -0.05) is 17.7 Å². The molecule has 2 rings (SSSR count). The largest absolute Gasteiger partial charge is 0.473 e. The molecule has 1 aromatic rings. The summed E-state index contributed by atoms with van der Waals surface area (Å²) in [4.78, 5) is 22.0. The fourth-order valence-electron chi connectivity index (χ4n) is 2.06. The van der Waals surface area contributed by atoms with E-state index in [-0.39, 0.29) is 0 Å². The Kier molecular flexibility index (Phi) is 10.9. The molecule has 0 aliphatic carbocycles. The lowest BCUT2D eigenvalue weighted by Gasteiger charge is -2.26. The van der Waals surface area contributed by atoms with Gasteiger partial charge in [0.25, 0.3) is 0 Å². The van der Waals surface area contributed by atoms with Crippen LogP contribution >= 0.6 is 11.8 Å². The van der Waals surface area contributed by atoms with Crippen molar-refractivity contribution < 1.29 is 24.5 Å². The maximum absolute atomic E-state index is 9.10. The molecular weight excluding hydrogens is 344 g/mol. The highest BCUT2D eigenvalue weighted by Crippen LogP contribution is 2.17. The lowest BCUT2D eigenvalue weighted by Crippen LogP contribution is -2.40. The van der Waals surface area contributed by atoms with Crippen molar-refractivity contribution in [2.24, 2.45) is 0 Å². The first-order valence-corrected chi connectivity index (χ1v) is 9.14. The van der Waals surface area contributed by atoms with Crippen LogP contribution in [-0.2, 0) is 14.3 Å². The lowest BCUT2D eigenvalue weighted by atomic mass is 10.2. The number of hydrogen-bond donors (Lipinski definition) is 3. The number of carboxylic acids is 2. The van der Waals surface area contributed by atoms with E-state index < -0.39 is 11.9 Å². The molecule has 8 heteroatoms. The highest BCUT2D eigenvalue weighted by molar-refractivity contribution is 7.99. The second-order valence-corrected chi connectivity index (χ2v) is 6.64. The number of carboxylic acid groups (broad SMARTS) is 2. The molecule has 0 amide bonds. The van der Waals surface area contributed by atoms with Gasteiger partial charge >= 0.3 is 11.9 Å². The molecule has 140 valence electrons. The Bertz CT molecular complexity index is 506. The average molecular weight is 370 g/mol. The molecular formula is C17H26N2O5S. The van der Waals surface area contributed by atoms with Crippen LogP contribution in [0.15, 0.2) is 29.2 Å². The summed E-state index contributed by atoms with van der Waals surface area (Å²) in [6, 6.07) is 8.75. The number of thioether (sulfide) groups is 1. The van der Waals surface area contributed by atoms with Gasteiger partial charge in [0.2, 0.25) is 0 Å². The Morgan fingerprint density at radius 3 is 2.28 bits per heavy atom. The van der Waals surface area contributed by atoms with E-state index in [0.29, 0.717) is 0 Å². The molecule has 3 N–H and O–H groups in total. The summed E-state index contributed by atoms with van der Waals surface area (Å²) in [5.74, 6) is -2.52. The van der Waals surface area contributed by atoms with Crippen LogP contribution < -0.4 is 5.32 Å². The van der Waals surface area contributed by atoms with Gasteiger partial charge < -0.3 is 20.3 Å². The highest BCUT2D eigenvalue weighted by atomic mass is 32.2. The van der Waals surface area contributed by atoms with E-state index in [9.17, 15) is 0 Å². The minimum Gasteiger partial charge on any atom is -0.473 e. The van der Waals surface area contributed by atoms with Gasteiger partial charge in [0.15, 0.2) is 0 Å². The first kappa shape index (κ1) is 21.4. The second kappa shape index (κ2) is 12.7. The first-order chi connectivity index (χ1) is 12.0. The number of aryl methyl sites for hydroxylation is 1. The van der Waals surface area contributed by atoms with E-state index in [1.54, 1.807) is 0 Å². The maximum Gasteiger partial charge on any atom is 0.414 e. The van der Waals surface area contributed by atoms with E-state index >= 15 is 0 Å². The normalized spacial score (nSPS) is 14.4. The van der Waals surface area contributed by atoms with E-state index in [1.165, 1.54) is 10.5 Å². The second-order valence-electron chi connectivity index (χ2n) is 5.48. The minimum absolute atomic E-state index is 0.892. The third-order valence-corrected chi connectivity index (χ3v) is 4.47. The van der Waals surface area contributed by atoms with Gasteiger partial charge in [-0.25, -0.2) is 9.59 Å². The van der Waals surface area contributed by atoms with Gasteiger partial charge in [0.05, 0.1) is 13.2 Å². The summed E-state index contributed by atoms with van der Waals surface area (Å²) >= 11 is 1.92. The van der Waals surface area contributed by atoms with Crippen LogP contribution in [-0.4, -0.2) is 78.7 Å². The molecule has 0 saturated carbocycles. The van der Waals surface area contributed by atoms with Crippen LogP contribution in [0.2, 0.25) is 0 Å². The summed E-state index contributed by atoms with van der Waals surface area (Å²) in [6.45, 7) is 9.36. The van der Waals surface area contributed by atoms with E-state index in [4.69, 9.17) is 24.5 Å². The highest BCUT2D eigenvalue weighted by Gasteiger charge is 2.08. The Morgan fingerprint density at radius 1 is 1.12 bits per heavy atom. The topological polar surface area (TPSA) is 99.1 Å². The van der Waals surface area contributed by atoms with Gasteiger partial charge in [0, 0.05) is 43.4 Å². The molecule has 1 fully saturated rings. The summed E-state index contributed by atoms with van der Waals surface area (Å²) in [6.07, 6.45) is 0. The SMILES string of the molecule is Cc1ccc(SCCNCCN2CCOCC2)cc1.O=C(O)C(=O)O. The molecule has 1 saturated heterocycles. The number of carbonyl (C=O) groups is 2. The van der Waals surface area contributed by atoms with E-state index in [1.807, 2.05) is 11.8 Å². The molecule has 0 spiro atoms. The quantitative estimate of drug-likeness (QED) is 0.374. The maximum atomic E-state index is 9.10. The van der Waals surface area contributed by atoms with E-state index in [0.717, 1.165) is 51.7 Å².